The lowest BCUT2D eigenvalue weighted by Gasteiger charge is -2.12. The van der Waals surface area contributed by atoms with Crippen LogP contribution in [0, 0.1) is 34.1 Å². The quantitative estimate of drug-likeness (QED) is 0.608. The minimum Gasteiger partial charge on any atom is -0.392 e. The summed E-state index contributed by atoms with van der Waals surface area (Å²) in [7, 11) is 1.75. The first-order chi connectivity index (χ1) is 11.3. The van der Waals surface area contributed by atoms with Gasteiger partial charge in [0, 0.05) is 36.5 Å². The van der Waals surface area contributed by atoms with Gasteiger partial charge in [0.25, 0.3) is 5.69 Å². The van der Waals surface area contributed by atoms with Gasteiger partial charge in [-0.3, -0.25) is 24.9 Å². The predicted molar refractivity (Wildman–Crippen MR) is 85.7 cm³/mol. The molecule has 2 N–H and O–H groups in total. The molecule has 1 heterocycles. The number of aryl methyl sites for hydroxylation is 1. The minimum atomic E-state index is -0.704. The van der Waals surface area contributed by atoms with Crippen molar-refractivity contribution in [3.63, 3.8) is 0 Å². The molecule has 0 aliphatic heterocycles. The van der Waals surface area contributed by atoms with Crippen molar-refractivity contribution in [1.82, 2.24) is 9.78 Å². The number of hydrogen-bond acceptors (Lipinski definition) is 7. The molecule has 0 radical (unpaired) electrons. The van der Waals surface area contributed by atoms with Gasteiger partial charge in [-0.2, -0.15) is 5.10 Å². The maximum absolute atomic E-state index is 11.4. The number of aliphatic hydroxyl groups excluding tert-OH is 1. The van der Waals surface area contributed by atoms with Gasteiger partial charge in [-0.15, -0.1) is 0 Å². The van der Waals surface area contributed by atoms with Crippen LogP contribution in [0.3, 0.4) is 0 Å². The highest BCUT2D eigenvalue weighted by molar-refractivity contribution is 5.77. The summed E-state index contributed by atoms with van der Waals surface area (Å²) in [6, 6.07) is 1.15. The Bertz CT molecular complexity index is 814. The zero-order chi connectivity index (χ0) is 18.0. The molecule has 1 aromatic heterocycles. The number of nitrogens with one attached hydrogen (secondary N) is 1. The Kier molecular flexibility index (Phi) is 4.79. The first-order valence-corrected chi connectivity index (χ1v) is 7.05. The van der Waals surface area contributed by atoms with Gasteiger partial charge in [0.2, 0.25) is 0 Å². The summed E-state index contributed by atoms with van der Waals surface area (Å²) in [5.74, 6) is 0. The molecule has 0 aliphatic rings. The molecule has 0 bridgehead atoms. The van der Waals surface area contributed by atoms with E-state index < -0.39 is 27.8 Å². The molecule has 2 rings (SSSR count). The first kappa shape index (κ1) is 17.3. The van der Waals surface area contributed by atoms with Crippen molar-refractivity contribution in [2.75, 3.05) is 5.32 Å². The SMILES string of the molecule is Cc1c(CO)cc([N+](=O)[O-])c(NCc2cnn(C)c2C)c1[N+](=O)[O-]. The number of aliphatic hydroxyl groups is 1. The summed E-state index contributed by atoms with van der Waals surface area (Å²) in [6.45, 7) is 2.91. The third-order valence-corrected chi connectivity index (χ3v) is 3.98. The number of nitro groups is 2. The Balaban J connectivity index is 2.53. The van der Waals surface area contributed by atoms with Gasteiger partial charge in [-0.1, -0.05) is 0 Å². The lowest BCUT2D eigenvalue weighted by molar-refractivity contribution is -0.392. The fourth-order valence-electron chi connectivity index (χ4n) is 2.42. The van der Waals surface area contributed by atoms with Crippen LogP contribution in [0.25, 0.3) is 0 Å². The smallest absolute Gasteiger partial charge is 0.302 e. The van der Waals surface area contributed by atoms with Crippen LogP contribution in [0.2, 0.25) is 0 Å². The van der Waals surface area contributed by atoms with E-state index in [-0.39, 0.29) is 23.4 Å². The molecule has 10 heteroatoms. The van der Waals surface area contributed by atoms with Crippen molar-refractivity contribution in [3.8, 4) is 0 Å². The van der Waals surface area contributed by atoms with Crippen LogP contribution in [-0.4, -0.2) is 24.7 Å². The molecule has 1 aromatic carbocycles. The Morgan fingerprint density at radius 1 is 1.25 bits per heavy atom. The Morgan fingerprint density at radius 3 is 2.38 bits per heavy atom. The molecule has 0 saturated heterocycles. The maximum atomic E-state index is 11.4. The number of nitrogens with zero attached hydrogens (tertiary/aromatic N) is 4. The molecule has 0 amide bonds. The zero-order valence-corrected chi connectivity index (χ0v) is 13.4. The molecule has 0 aliphatic carbocycles. The second-order valence-corrected chi connectivity index (χ2v) is 5.31. The highest BCUT2D eigenvalue weighted by Crippen LogP contribution is 2.39. The summed E-state index contributed by atoms with van der Waals surface area (Å²) >= 11 is 0. The number of rotatable bonds is 6. The Hall–Kier alpha value is -3.01. The first-order valence-electron chi connectivity index (χ1n) is 7.05. The number of aromatic nitrogens is 2. The van der Waals surface area contributed by atoms with Crippen molar-refractivity contribution >= 4 is 17.1 Å². The number of nitro benzene ring substituents is 2. The van der Waals surface area contributed by atoms with Gasteiger partial charge in [0.05, 0.1) is 22.7 Å². The summed E-state index contributed by atoms with van der Waals surface area (Å²) in [5, 5.41) is 38.9. The predicted octanol–water partition coefficient (Wildman–Crippen LogP) is 1.96. The molecular weight excluding hydrogens is 318 g/mol. The van der Waals surface area contributed by atoms with E-state index in [1.54, 1.807) is 17.9 Å². The van der Waals surface area contributed by atoms with Crippen molar-refractivity contribution in [3.05, 3.63) is 54.9 Å². The molecule has 0 saturated carbocycles. The number of anilines is 1. The van der Waals surface area contributed by atoms with E-state index in [1.807, 2.05) is 6.92 Å². The summed E-state index contributed by atoms with van der Waals surface area (Å²) in [4.78, 5) is 21.3. The van der Waals surface area contributed by atoms with Gasteiger partial charge in [-0.25, -0.2) is 0 Å². The van der Waals surface area contributed by atoms with Crippen LogP contribution in [0.1, 0.15) is 22.4 Å². The van der Waals surface area contributed by atoms with Gasteiger partial charge in [0.1, 0.15) is 0 Å². The lowest BCUT2D eigenvalue weighted by atomic mass is 10.0. The molecule has 0 fully saturated rings. The maximum Gasteiger partial charge on any atom is 0.302 e. The molecule has 2 aromatic rings. The van der Waals surface area contributed by atoms with Crippen LogP contribution in [0.5, 0.6) is 0 Å². The van der Waals surface area contributed by atoms with Crippen LogP contribution < -0.4 is 5.32 Å². The minimum absolute atomic E-state index is 0.150. The van der Waals surface area contributed by atoms with E-state index in [1.165, 1.54) is 6.92 Å². The fourth-order valence-corrected chi connectivity index (χ4v) is 2.42. The van der Waals surface area contributed by atoms with Crippen molar-refractivity contribution in [2.45, 2.75) is 27.0 Å². The average molecular weight is 335 g/mol. The lowest BCUT2D eigenvalue weighted by Crippen LogP contribution is -2.09. The Labute approximate surface area is 137 Å². The third kappa shape index (κ3) is 3.04. The second kappa shape index (κ2) is 6.62. The summed E-state index contributed by atoms with van der Waals surface area (Å²) in [5.41, 5.74) is 0.923. The van der Waals surface area contributed by atoms with E-state index in [2.05, 4.69) is 10.4 Å². The zero-order valence-electron chi connectivity index (χ0n) is 13.4. The highest BCUT2D eigenvalue weighted by atomic mass is 16.6. The van der Waals surface area contributed by atoms with E-state index >= 15 is 0 Å². The normalized spacial score (nSPS) is 10.7. The van der Waals surface area contributed by atoms with Gasteiger partial charge in [-0.05, 0) is 19.4 Å². The largest absolute Gasteiger partial charge is 0.392 e. The monoisotopic (exact) mass is 335 g/mol. The molecule has 128 valence electrons. The number of hydrogen-bond donors (Lipinski definition) is 2. The summed E-state index contributed by atoms with van der Waals surface area (Å²) in [6.07, 6.45) is 1.59. The van der Waals surface area contributed by atoms with Crippen molar-refractivity contribution in [2.24, 2.45) is 7.05 Å². The van der Waals surface area contributed by atoms with Crippen LogP contribution >= 0.6 is 0 Å². The fraction of sp³-hybridized carbons (Fsp3) is 0.357. The van der Waals surface area contributed by atoms with E-state index in [4.69, 9.17) is 0 Å². The molecular formula is C14H17N5O5. The van der Waals surface area contributed by atoms with Crippen LogP contribution in [0.15, 0.2) is 12.3 Å². The summed E-state index contributed by atoms with van der Waals surface area (Å²) < 4.78 is 1.64. The molecule has 0 unspecified atom stereocenters. The van der Waals surface area contributed by atoms with Crippen molar-refractivity contribution < 1.29 is 15.0 Å². The molecule has 24 heavy (non-hydrogen) atoms. The molecule has 0 spiro atoms. The van der Waals surface area contributed by atoms with Gasteiger partial charge in [0.15, 0.2) is 5.69 Å². The highest BCUT2D eigenvalue weighted by Gasteiger charge is 2.30. The van der Waals surface area contributed by atoms with E-state index in [0.717, 1.165) is 17.3 Å². The second-order valence-electron chi connectivity index (χ2n) is 5.31. The topological polar surface area (TPSA) is 136 Å². The molecule has 0 atom stereocenters. The third-order valence-electron chi connectivity index (χ3n) is 3.98. The Morgan fingerprint density at radius 2 is 1.92 bits per heavy atom. The van der Waals surface area contributed by atoms with Gasteiger partial charge >= 0.3 is 5.69 Å². The standard InChI is InChI=1S/C14H17N5O5/c1-8-10(7-20)4-12(18(21)22)13(14(8)19(23)24)15-5-11-6-16-17(3)9(11)2/h4,6,15,20H,5,7H2,1-3H3. The molecule has 10 nitrogen and oxygen atoms in total. The average Bonchev–Trinajstić information content (AvgIpc) is 2.83. The van der Waals surface area contributed by atoms with Crippen molar-refractivity contribution in [1.29, 1.82) is 0 Å². The van der Waals surface area contributed by atoms with E-state index in [0.29, 0.717) is 0 Å². The van der Waals surface area contributed by atoms with Crippen LogP contribution in [0.4, 0.5) is 17.1 Å². The van der Waals surface area contributed by atoms with Crippen LogP contribution in [-0.2, 0) is 20.2 Å². The van der Waals surface area contributed by atoms with E-state index in [9.17, 15) is 25.3 Å². The van der Waals surface area contributed by atoms with Gasteiger partial charge < -0.3 is 10.4 Å². The number of benzene rings is 1.